The van der Waals surface area contributed by atoms with Gasteiger partial charge in [0.2, 0.25) is 0 Å². The van der Waals surface area contributed by atoms with Crippen LogP contribution in [0, 0.1) is 5.82 Å². The van der Waals surface area contributed by atoms with Gasteiger partial charge < -0.3 is 4.74 Å². The number of hydrogen-bond acceptors (Lipinski definition) is 3. The smallest absolute Gasteiger partial charge is 0.150 e. The number of hydrogen-bond donors (Lipinski definition) is 0. The molecule has 0 saturated heterocycles. The number of pyridine rings is 1. The van der Waals surface area contributed by atoms with E-state index in [1.807, 2.05) is 0 Å². The zero-order chi connectivity index (χ0) is 12.3. The van der Waals surface area contributed by atoms with Gasteiger partial charge in [-0.25, -0.2) is 4.39 Å². The van der Waals surface area contributed by atoms with E-state index in [1.165, 1.54) is 25.3 Å². The van der Waals surface area contributed by atoms with Crippen molar-refractivity contribution in [2.45, 2.75) is 0 Å². The van der Waals surface area contributed by atoms with Gasteiger partial charge >= 0.3 is 0 Å². The van der Waals surface area contributed by atoms with Crippen molar-refractivity contribution in [3.05, 3.63) is 47.9 Å². The van der Waals surface area contributed by atoms with Crippen LogP contribution in [0.25, 0.3) is 11.3 Å². The molecule has 0 N–H and O–H groups in total. The van der Waals surface area contributed by atoms with Crippen molar-refractivity contribution in [3.8, 4) is 17.0 Å². The number of carbonyl (C=O) groups is 1. The monoisotopic (exact) mass is 231 g/mol. The molecule has 1 heterocycles. The fourth-order valence-corrected chi connectivity index (χ4v) is 1.60. The van der Waals surface area contributed by atoms with Crippen molar-refractivity contribution in [1.82, 2.24) is 4.98 Å². The molecule has 0 radical (unpaired) electrons. The molecule has 0 aliphatic carbocycles. The first-order chi connectivity index (χ1) is 8.26. The Morgan fingerprint density at radius 3 is 2.88 bits per heavy atom. The van der Waals surface area contributed by atoms with Crippen LogP contribution in [-0.2, 0) is 0 Å². The van der Waals surface area contributed by atoms with E-state index in [9.17, 15) is 9.18 Å². The van der Waals surface area contributed by atoms with E-state index in [2.05, 4.69) is 4.98 Å². The Bertz CT molecular complexity index is 555. The zero-order valence-electron chi connectivity index (χ0n) is 9.18. The summed E-state index contributed by atoms with van der Waals surface area (Å²) in [6.07, 6.45) is 2.20. The predicted molar refractivity (Wildman–Crippen MR) is 61.6 cm³/mol. The fraction of sp³-hybridized carbons (Fsp3) is 0.0769. The van der Waals surface area contributed by atoms with E-state index in [4.69, 9.17) is 4.74 Å². The molecule has 2 aromatic rings. The normalized spacial score (nSPS) is 10.0. The second-order valence-electron chi connectivity index (χ2n) is 3.40. The summed E-state index contributed by atoms with van der Waals surface area (Å²) in [7, 11) is 1.52. The molecular formula is C13H10FNO2. The number of aromatic nitrogens is 1. The highest BCUT2D eigenvalue weighted by Crippen LogP contribution is 2.29. The molecule has 0 amide bonds. The molecule has 0 spiro atoms. The largest absolute Gasteiger partial charge is 0.494 e. The van der Waals surface area contributed by atoms with Crippen LogP contribution in [0.1, 0.15) is 10.4 Å². The second-order valence-corrected chi connectivity index (χ2v) is 3.40. The average Bonchev–Trinajstić information content (AvgIpc) is 2.38. The first-order valence-corrected chi connectivity index (χ1v) is 5.00. The molecule has 0 fully saturated rings. The van der Waals surface area contributed by atoms with E-state index in [0.717, 1.165) is 0 Å². The van der Waals surface area contributed by atoms with Crippen LogP contribution in [-0.4, -0.2) is 18.4 Å². The van der Waals surface area contributed by atoms with E-state index >= 15 is 0 Å². The summed E-state index contributed by atoms with van der Waals surface area (Å²) in [4.78, 5) is 15.1. The average molecular weight is 231 g/mol. The number of benzene rings is 1. The molecule has 0 aliphatic rings. The van der Waals surface area contributed by atoms with Gasteiger partial charge in [0.15, 0.2) is 6.29 Å². The summed E-state index contributed by atoms with van der Waals surface area (Å²) in [6.45, 7) is 0. The first-order valence-electron chi connectivity index (χ1n) is 5.00. The third-order valence-electron chi connectivity index (χ3n) is 2.39. The number of halogens is 1. The van der Waals surface area contributed by atoms with Crippen LogP contribution < -0.4 is 4.74 Å². The Labute approximate surface area is 97.9 Å². The van der Waals surface area contributed by atoms with Crippen LogP contribution in [0.3, 0.4) is 0 Å². The van der Waals surface area contributed by atoms with Gasteiger partial charge in [0.1, 0.15) is 17.3 Å². The highest BCUT2D eigenvalue weighted by molar-refractivity contribution is 5.87. The summed E-state index contributed by atoms with van der Waals surface area (Å²) in [5.41, 5.74) is 1.33. The highest BCUT2D eigenvalue weighted by Gasteiger charge is 2.11. The molecule has 86 valence electrons. The minimum Gasteiger partial charge on any atom is -0.494 e. The standard InChI is InChI=1S/C13H10FNO2/c1-17-12-3-2-6-15-13(12)11-5-4-10(14)7-9(11)8-16/h2-8H,1H3. The summed E-state index contributed by atoms with van der Waals surface area (Å²) < 4.78 is 18.2. The topological polar surface area (TPSA) is 39.2 Å². The minimum absolute atomic E-state index is 0.252. The maximum absolute atomic E-state index is 13.0. The summed E-state index contributed by atoms with van der Waals surface area (Å²) in [6, 6.07) is 7.45. The van der Waals surface area contributed by atoms with Crippen molar-refractivity contribution in [2.75, 3.05) is 7.11 Å². The lowest BCUT2D eigenvalue weighted by Crippen LogP contribution is -1.95. The lowest BCUT2D eigenvalue weighted by atomic mass is 10.0. The van der Waals surface area contributed by atoms with Crippen molar-refractivity contribution in [3.63, 3.8) is 0 Å². The Kier molecular flexibility index (Phi) is 3.14. The quantitative estimate of drug-likeness (QED) is 0.762. The molecule has 0 atom stereocenters. The Morgan fingerprint density at radius 1 is 1.35 bits per heavy atom. The number of ether oxygens (including phenoxy) is 1. The van der Waals surface area contributed by atoms with Gasteiger partial charge in [0.05, 0.1) is 7.11 Å². The fourth-order valence-electron chi connectivity index (χ4n) is 1.60. The summed E-state index contributed by atoms with van der Waals surface area (Å²) >= 11 is 0. The Hall–Kier alpha value is -2.23. The molecule has 4 heteroatoms. The molecule has 2 rings (SSSR count). The summed E-state index contributed by atoms with van der Waals surface area (Å²) in [5.74, 6) is 0.0907. The van der Waals surface area contributed by atoms with Gasteiger partial charge in [-0.05, 0) is 30.3 Å². The van der Waals surface area contributed by atoms with Crippen molar-refractivity contribution in [1.29, 1.82) is 0 Å². The van der Waals surface area contributed by atoms with Gasteiger partial charge in [-0.15, -0.1) is 0 Å². The second kappa shape index (κ2) is 4.74. The molecule has 3 nitrogen and oxygen atoms in total. The third-order valence-corrected chi connectivity index (χ3v) is 2.39. The SMILES string of the molecule is COc1cccnc1-c1ccc(F)cc1C=O. The molecule has 1 aromatic heterocycles. The van der Waals surface area contributed by atoms with Gasteiger partial charge in [-0.2, -0.15) is 0 Å². The van der Waals surface area contributed by atoms with E-state index < -0.39 is 5.82 Å². The summed E-state index contributed by atoms with van der Waals surface area (Å²) in [5, 5.41) is 0. The Balaban J connectivity index is 2.63. The molecular weight excluding hydrogens is 221 g/mol. The van der Waals surface area contributed by atoms with Gasteiger partial charge in [0, 0.05) is 17.3 Å². The minimum atomic E-state index is -0.453. The number of methoxy groups -OCH3 is 1. The lowest BCUT2D eigenvalue weighted by molar-refractivity contribution is 0.112. The molecule has 17 heavy (non-hydrogen) atoms. The van der Waals surface area contributed by atoms with E-state index in [0.29, 0.717) is 23.3 Å². The number of rotatable bonds is 3. The molecule has 0 bridgehead atoms. The van der Waals surface area contributed by atoms with Crippen LogP contribution in [0.5, 0.6) is 5.75 Å². The highest BCUT2D eigenvalue weighted by atomic mass is 19.1. The van der Waals surface area contributed by atoms with E-state index in [-0.39, 0.29) is 5.56 Å². The third kappa shape index (κ3) is 2.15. The number of nitrogens with zero attached hydrogens (tertiary/aromatic N) is 1. The van der Waals surface area contributed by atoms with Crippen LogP contribution in [0.4, 0.5) is 4.39 Å². The maximum Gasteiger partial charge on any atom is 0.150 e. The van der Waals surface area contributed by atoms with Gasteiger partial charge in [-0.1, -0.05) is 0 Å². The van der Waals surface area contributed by atoms with Gasteiger partial charge in [0.25, 0.3) is 0 Å². The number of carbonyl (C=O) groups excluding carboxylic acids is 1. The van der Waals surface area contributed by atoms with Crippen molar-refractivity contribution < 1.29 is 13.9 Å². The Morgan fingerprint density at radius 2 is 2.18 bits per heavy atom. The van der Waals surface area contributed by atoms with Crippen molar-refractivity contribution in [2.24, 2.45) is 0 Å². The van der Waals surface area contributed by atoms with Crippen LogP contribution in [0.15, 0.2) is 36.5 Å². The molecule has 0 saturated carbocycles. The van der Waals surface area contributed by atoms with E-state index in [1.54, 1.807) is 18.3 Å². The predicted octanol–water partition coefficient (Wildman–Crippen LogP) is 2.71. The number of aldehydes is 1. The van der Waals surface area contributed by atoms with Gasteiger partial charge in [-0.3, -0.25) is 9.78 Å². The maximum atomic E-state index is 13.0. The van der Waals surface area contributed by atoms with Crippen molar-refractivity contribution >= 4 is 6.29 Å². The van der Waals surface area contributed by atoms with Crippen LogP contribution in [0.2, 0.25) is 0 Å². The zero-order valence-corrected chi connectivity index (χ0v) is 9.18. The lowest BCUT2D eigenvalue weighted by Gasteiger charge is -2.08. The molecule has 0 aliphatic heterocycles. The first kappa shape index (κ1) is 11.3. The van der Waals surface area contributed by atoms with Crippen LogP contribution >= 0.6 is 0 Å². The molecule has 0 unspecified atom stereocenters. The molecule has 1 aromatic carbocycles.